The zero-order valence-electron chi connectivity index (χ0n) is 30.7. The smallest absolute Gasteiger partial charge is 0.358 e. The number of aliphatic hydroxyl groups excluding tert-OH is 2. The number of aryl methyl sites for hydroxylation is 2. The standard InChI is InChI=1S/C20H18BrFN4O3.C19H17BrFN5O2/c1-25-8-23-7-15(25)18(27)17-16(20(28)29-2)24-19-12-5-13(21)14(22)6-11(12)9-3-10(4-9)26(17)19;1-25-7-23-6-14(25)17(27)16-15(18(22)28)24-19-11-4-12(20)13(21)5-10(11)8-2-9(3-8)26(16)19/h5-10,18,27H,3-4H2,1-2H3;4-9,17,27H,2-3H2,1H3,(H2,22,28). The molecule has 57 heavy (non-hydrogen) atoms. The van der Waals surface area contributed by atoms with E-state index in [9.17, 15) is 28.6 Å². The van der Waals surface area contributed by atoms with Crippen LogP contribution in [0.25, 0.3) is 22.8 Å². The highest BCUT2D eigenvalue weighted by atomic mass is 79.9. The van der Waals surface area contributed by atoms with E-state index in [4.69, 9.17) is 10.5 Å². The lowest BCUT2D eigenvalue weighted by Gasteiger charge is -2.36. The molecule has 0 saturated heterocycles. The van der Waals surface area contributed by atoms with Gasteiger partial charge in [0.2, 0.25) is 0 Å². The van der Waals surface area contributed by atoms with Gasteiger partial charge >= 0.3 is 5.97 Å². The fraction of sp³-hybridized carbons (Fsp3) is 0.333. The maximum absolute atomic E-state index is 14.2. The Kier molecular flexibility index (Phi) is 9.10. The molecule has 6 aromatic rings. The van der Waals surface area contributed by atoms with Gasteiger partial charge in [0.1, 0.15) is 35.5 Å². The molecule has 14 nitrogen and oxygen atoms in total. The van der Waals surface area contributed by atoms with Crippen LogP contribution in [0.15, 0.2) is 58.3 Å². The number of rotatable bonds is 6. The predicted molar refractivity (Wildman–Crippen MR) is 207 cm³/mol. The number of hydrogen-bond acceptors (Lipinski definition) is 9. The van der Waals surface area contributed by atoms with E-state index >= 15 is 0 Å². The van der Waals surface area contributed by atoms with Crippen molar-refractivity contribution in [3.63, 3.8) is 0 Å². The number of imidazole rings is 4. The Morgan fingerprint density at radius 2 is 1.19 bits per heavy atom. The van der Waals surface area contributed by atoms with Crippen molar-refractivity contribution in [2.45, 2.75) is 61.8 Å². The number of halogens is 4. The molecule has 2 aromatic carbocycles. The van der Waals surface area contributed by atoms with Gasteiger partial charge in [-0.15, -0.1) is 0 Å². The Morgan fingerprint density at radius 1 is 0.772 bits per heavy atom. The van der Waals surface area contributed by atoms with Gasteiger partial charge in [0.05, 0.1) is 63.9 Å². The van der Waals surface area contributed by atoms with Gasteiger partial charge in [-0.1, -0.05) is 0 Å². The highest BCUT2D eigenvalue weighted by molar-refractivity contribution is 9.10. The van der Waals surface area contributed by atoms with E-state index in [0.717, 1.165) is 47.9 Å². The molecule has 2 aliphatic carbocycles. The minimum absolute atomic E-state index is 0.0282. The topological polar surface area (TPSA) is 181 Å². The number of amides is 1. The molecule has 18 heteroatoms. The number of ether oxygens (including phenoxy) is 1. The van der Waals surface area contributed by atoms with Gasteiger partial charge in [-0.2, -0.15) is 0 Å². The summed E-state index contributed by atoms with van der Waals surface area (Å²) in [4.78, 5) is 42.0. The second-order valence-corrected chi connectivity index (χ2v) is 16.7. The van der Waals surface area contributed by atoms with Crippen LogP contribution in [0.1, 0.15) is 117 Å². The molecule has 1 amide bonds. The van der Waals surface area contributed by atoms with Crippen LogP contribution in [0.5, 0.6) is 0 Å². The first-order chi connectivity index (χ1) is 27.3. The van der Waals surface area contributed by atoms with Crippen LogP contribution in [0.2, 0.25) is 0 Å². The van der Waals surface area contributed by atoms with Gasteiger partial charge in [-0.25, -0.2) is 33.5 Å². The highest BCUT2D eigenvalue weighted by Crippen LogP contribution is 2.55. The normalized spacial score (nSPS) is 20.5. The molecule has 4 aliphatic heterocycles. The molecule has 2 atom stereocenters. The Bertz CT molecular complexity index is 2640. The molecule has 8 heterocycles. The summed E-state index contributed by atoms with van der Waals surface area (Å²) in [5.41, 5.74) is 10.8. The first-order valence-corrected chi connectivity index (χ1v) is 19.7. The van der Waals surface area contributed by atoms with Crippen molar-refractivity contribution in [2.24, 2.45) is 19.8 Å². The van der Waals surface area contributed by atoms with E-state index in [1.54, 1.807) is 66.5 Å². The molecular formula is C39H35Br2F2N9O5. The van der Waals surface area contributed by atoms with Crippen molar-refractivity contribution in [3.8, 4) is 22.8 Å². The summed E-state index contributed by atoms with van der Waals surface area (Å²) in [5.74, 6) is -0.461. The highest BCUT2D eigenvalue weighted by Gasteiger charge is 2.45. The number of methoxy groups -OCH3 is 1. The molecule has 4 bridgehead atoms. The molecular weight excluding hydrogens is 872 g/mol. The largest absolute Gasteiger partial charge is 0.464 e. The van der Waals surface area contributed by atoms with Crippen LogP contribution in [-0.2, 0) is 18.8 Å². The van der Waals surface area contributed by atoms with Crippen LogP contribution < -0.4 is 5.73 Å². The quantitative estimate of drug-likeness (QED) is 0.162. The minimum atomic E-state index is -1.11. The van der Waals surface area contributed by atoms with E-state index in [2.05, 4.69) is 51.8 Å². The SMILES string of the molecule is COC(=O)c1nc2n(c1C(O)c1cncn1C)C1CC(C1)c1cc(F)c(Br)cc1-2.Cn1cncc1C(O)c1c(C(N)=O)nc2n1C1CC(C1)c1cc(F)c(Br)cc1-2. The van der Waals surface area contributed by atoms with Crippen molar-refractivity contribution in [2.75, 3.05) is 7.11 Å². The monoisotopic (exact) mass is 905 g/mol. The predicted octanol–water partition coefficient (Wildman–Crippen LogP) is 6.28. The third-order valence-electron chi connectivity index (χ3n) is 11.8. The summed E-state index contributed by atoms with van der Waals surface area (Å²) in [6.45, 7) is 0. The lowest BCUT2D eigenvalue weighted by atomic mass is 9.75. The van der Waals surface area contributed by atoms with Gasteiger partial charge in [-0.3, -0.25) is 4.79 Å². The van der Waals surface area contributed by atoms with Gasteiger partial charge < -0.3 is 39.0 Å². The van der Waals surface area contributed by atoms with Crippen molar-refractivity contribution in [1.82, 2.24) is 38.2 Å². The average molecular weight is 908 g/mol. The van der Waals surface area contributed by atoms with Crippen molar-refractivity contribution in [1.29, 1.82) is 0 Å². The van der Waals surface area contributed by atoms with E-state index < -0.39 is 24.1 Å². The van der Waals surface area contributed by atoms with Crippen molar-refractivity contribution < 1.29 is 33.3 Å². The lowest BCUT2D eigenvalue weighted by Crippen LogP contribution is -2.27. The number of aliphatic hydroxyl groups is 2. The van der Waals surface area contributed by atoms with Crippen LogP contribution in [0.4, 0.5) is 8.78 Å². The summed E-state index contributed by atoms with van der Waals surface area (Å²) in [7, 11) is 4.83. The number of primary amides is 1. The second-order valence-electron chi connectivity index (χ2n) is 14.9. The van der Waals surface area contributed by atoms with Crippen molar-refractivity contribution >= 4 is 43.7 Å². The number of carbonyl (C=O) groups is 2. The molecule has 2 fully saturated rings. The van der Waals surface area contributed by atoms with E-state index in [1.165, 1.54) is 13.2 Å². The number of nitrogens with zero attached hydrogens (tertiary/aromatic N) is 8. The molecule has 294 valence electrons. The van der Waals surface area contributed by atoms with Crippen LogP contribution >= 0.6 is 31.9 Å². The summed E-state index contributed by atoms with van der Waals surface area (Å²) < 4.78 is 41.2. The number of esters is 1. The van der Waals surface area contributed by atoms with Gasteiger partial charge in [0.25, 0.3) is 5.91 Å². The fourth-order valence-electron chi connectivity index (χ4n) is 8.79. The number of aromatic nitrogens is 8. The maximum atomic E-state index is 14.2. The second kappa shape index (κ2) is 13.8. The van der Waals surface area contributed by atoms with Gasteiger partial charge in [0, 0.05) is 37.3 Å². The zero-order chi connectivity index (χ0) is 40.2. The summed E-state index contributed by atoms with van der Waals surface area (Å²) in [6.07, 6.45) is 7.24. The van der Waals surface area contributed by atoms with E-state index in [1.807, 2.05) is 9.13 Å². The average Bonchev–Trinajstić information content (AvgIpc) is 3.90. The summed E-state index contributed by atoms with van der Waals surface area (Å²) >= 11 is 6.50. The Hall–Kier alpha value is -5.04. The Morgan fingerprint density at radius 3 is 1.58 bits per heavy atom. The first-order valence-electron chi connectivity index (χ1n) is 18.2. The molecule has 0 spiro atoms. The number of benzene rings is 2. The number of hydrogen-bond donors (Lipinski definition) is 3. The lowest BCUT2D eigenvalue weighted by molar-refractivity contribution is 0.0586. The minimum Gasteiger partial charge on any atom is -0.464 e. The molecule has 2 unspecified atom stereocenters. The Balaban J connectivity index is 0.000000148. The zero-order valence-corrected chi connectivity index (χ0v) is 33.9. The number of carbonyl (C=O) groups excluding carboxylic acids is 2. The molecule has 0 radical (unpaired) electrons. The maximum Gasteiger partial charge on any atom is 0.358 e. The molecule has 6 aliphatic rings. The third kappa shape index (κ3) is 5.81. The summed E-state index contributed by atoms with van der Waals surface area (Å²) in [5, 5.41) is 22.3. The Labute approximate surface area is 340 Å². The van der Waals surface area contributed by atoms with Crippen LogP contribution in [0.3, 0.4) is 0 Å². The molecule has 4 N–H and O–H groups in total. The third-order valence-corrected chi connectivity index (χ3v) is 13.0. The van der Waals surface area contributed by atoms with Crippen LogP contribution in [-0.4, -0.2) is 67.4 Å². The molecule has 2 saturated carbocycles. The van der Waals surface area contributed by atoms with Gasteiger partial charge in [-0.05, 0) is 105 Å². The van der Waals surface area contributed by atoms with Gasteiger partial charge in [0.15, 0.2) is 11.4 Å². The number of nitrogens with two attached hydrogens (primary N) is 1. The van der Waals surface area contributed by atoms with E-state index in [0.29, 0.717) is 43.4 Å². The fourth-order valence-corrected chi connectivity index (χ4v) is 9.48. The van der Waals surface area contributed by atoms with E-state index in [-0.39, 0.29) is 46.9 Å². The van der Waals surface area contributed by atoms with Crippen LogP contribution in [0, 0.1) is 11.6 Å². The first kappa shape index (κ1) is 37.5. The molecule has 4 aromatic heterocycles. The van der Waals surface area contributed by atoms with Crippen molar-refractivity contribution in [3.05, 3.63) is 115 Å². The molecule has 12 rings (SSSR count). The summed E-state index contributed by atoms with van der Waals surface area (Å²) in [6, 6.07) is 6.59.